The minimum absolute atomic E-state index is 0.0193. The summed E-state index contributed by atoms with van der Waals surface area (Å²) in [4.78, 5) is 29.9. The van der Waals surface area contributed by atoms with Crippen molar-refractivity contribution in [3.05, 3.63) is 24.5 Å². The maximum atomic E-state index is 12.6. The third-order valence-electron chi connectivity index (χ3n) is 4.08. The molecule has 1 atom stereocenters. The number of pyridine rings is 1. The molecule has 1 amide bonds. The molecule has 1 aromatic rings. The van der Waals surface area contributed by atoms with Crippen molar-refractivity contribution in [2.75, 3.05) is 26.7 Å². The summed E-state index contributed by atoms with van der Waals surface area (Å²) in [5.41, 5.74) is 0. The molecular formula is C16H23N3O5S. The fraction of sp³-hybridized carbons (Fsp3) is 0.562. The molecule has 0 saturated carbocycles. The Morgan fingerprint density at radius 3 is 2.80 bits per heavy atom. The average Bonchev–Trinajstić information content (AvgIpc) is 2.62. The predicted octanol–water partition coefficient (Wildman–Crippen LogP) is 0.646. The molecule has 1 saturated heterocycles. The first kappa shape index (κ1) is 19.3. The number of carbonyl (C=O) groups excluding carboxylic acids is 2. The van der Waals surface area contributed by atoms with Crippen molar-refractivity contribution in [2.45, 2.75) is 37.1 Å². The fourth-order valence-corrected chi connectivity index (χ4v) is 3.84. The summed E-state index contributed by atoms with van der Waals surface area (Å²) >= 11 is 0. The lowest BCUT2D eigenvalue weighted by Crippen LogP contribution is -2.51. The number of carbonyl (C=O) groups is 2. The second-order valence-electron chi connectivity index (χ2n) is 5.80. The normalized spacial score (nSPS) is 18.2. The van der Waals surface area contributed by atoms with E-state index in [4.69, 9.17) is 4.74 Å². The summed E-state index contributed by atoms with van der Waals surface area (Å²) in [6, 6.07) is 2.30. The minimum atomic E-state index is -3.81. The molecular weight excluding hydrogens is 346 g/mol. The molecule has 8 nitrogen and oxygen atoms in total. The van der Waals surface area contributed by atoms with Gasteiger partial charge in [0.15, 0.2) is 0 Å². The molecule has 0 radical (unpaired) electrons. The molecule has 1 aliphatic rings. The number of likely N-dealkylation sites (N-methyl/N-ethyl adjacent to an activating group) is 1. The van der Waals surface area contributed by atoms with Crippen LogP contribution in [0.25, 0.3) is 0 Å². The summed E-state index contributed by atoms with van der Waals surface area (Å²) in [5.74, 6) is -0.846. The minimum Gasteiger partial charge on any atom is -0.464 e. The smallest absolute Gasteiger partial charge is 0.328 e. The molecule has 2 heterocycles. The summed E-state index contributed by atoms with van der Waals surface area (Å²) < 4.78 is 31.0. The van der Waals surface area contributed by atoms with Crippen molar-refractivity contribution in [1.29, 1.82) is 0 Å². The van der Waals surface area contributed by atoms with E-state index in [1.165, 1.54) is 36.5 Å². The number of aromatic nitrogens is 1. The Kier molecular flexibility index (Phi) is 6.49. The van der Waals surface area contributed by atoms with E-state index < -0.39 is 27.9 Å². The summed E-state index contributed by atoms with van der Waals surface area (Å²) in [5, 5.41) is 0. The first-order chi connectivity index (χ1) is 11.9. The van der Waals surface area contributed by atoms with E-state index >= 15 is 0 Å². The van der Waals surface area contributed by atoms with Gasteiger partial charge in [0.2, 0.25) is 15.9 Å². The topological polar surface area (TPSA) is 96.9 Å². The molecule has 2 rings (SSSR count). The van der Waals surface area contributed by atoms with Gasteiger partial charge in [0, 0.05) is 26.0 Å². The quantitative estimate of drug-likeness (QED) is 0.683. The molecule has 1 fully saturated rings. The predicted molar refractivity (Wildman–Crippen MR) is 90.0 cm³/mol. The Hall–Kier alpha value is -2.00. The summed E-state index contributed by atoms with van der Waals surface area (Å²) in [7, 11) is -2.48. The number of ether oxygens (including phenoxy) is 1. The molecule has 0 bridgehead atoms. The van der Waals surface area contributed by atoms with Crippen LogP contribution in [0, 0.1) is 0 Å². The van der Waals surface area contributed by atoms with Crippen molar-refractivity contribution < 1.29 is 22.7 Å². The van der Waals surface area contributed by atoms with Crippen molar-refractivity contribution in [1.82, 2.24) is 14.2 Å². The SMILES string of the molecule is CCOC(=O)C1CCCCN1C(=O)CN(C)S(=O)(=O)c1cccnc1. The molecule has 9 heteroatoms. The highest BCUT2D eigenvalue weighted by Crippen LogP contribution is 2.20. The lowest BCUT2D eigenvalue weighted by Gasteiger charge is -2.34. The Bertz CT molecular complexity index is 708. The maximum absolute atomic E-state index is 12.6. The second kappa shape index (κ2) is 8.39. The zero-order valence-corrected chi connectivity index (χ0v) is 15.2. The van der Waals surface area contributed by atoms with E-state index in [0.29, 0.717) is 13.0 Å². The summed E-state index contributed by atoms with van der Waals surface area (Å²) in [6.45, 7) is 2.03. The van der Waals surface area contributed by atoms with Crippen molar-refractivity contribution in [2.24, 2.45) is 0 Å². The highest BCUT2D eigenvalue weighted by atomic mass is 32.2. The van der Waals surface area contributed by atoms with Gasteiger partial charge >= 0.3 is 5.97 Å². The average molecular weight is 369 g/mol. The van der Waals surface area contributed by atoms with E-state index in [-0.39, 0.29) is 18.0 Å². The Balaban J connectivity index is 2.10. The van der Waals surface area contributed by atoms with E-state index in [2.05, 4.69) is 4.98 Å². The van der Waals surface area contributed by atoms with Crippen LogP contribution in [0.4, 0.5) is 0 Å². The molecule has 0 aromatic carbocycles. The Morgan fingerprint density at radius 2 is 2.16 bits per heavy atom. The van der Waals surface area contributed by atoms with E-state index in [1.54, 1.807) is 6.92 Å². The largest absolute Gasteiger partial charge is 0.464 e. The van der Waals surface area contributed by atoms with E-state index in [9.17, 15) is 18.0 Å². The van der Waals surface area contributed by atoms with Crippen LogP contribution in [0.2, 0.25) is 0 Å². The van der Waals surface area contributed by atoms with Gasteiger partial charge in [-0.25, -0.2) is 13.2 Å². The van der Waals surface area contributed by atoms with Crippen LogP contribution in [-0.2, 0) is 24.3 Å². The third kappa shape index (κ3) is 4.55. The molecule has 1 unspecified atom stereocenters. The van der Waals surface area contributed by atoms with Gasteiger partial charge in [-0.15, -0.1) is 0 Å². The van der Waals surface area contributed by atoms with Crippen LogP contribution in [0.5, 0.6) is 0 Å². The molecule has 1 aromatic heterocycles. The number of nitrogens with zero attached hydrogens (tertiary/aromatic N) is 3. The fourth-order valence-electron chi connectivity index (χ4n) is 2.76. The zero-order valence-electron chi connectivity index (χ0n) is 14.4. The first-order valence-corrected chi connectivity index (χ1v) is 9.64. The Labute approximate surface area is 147 Å². The van der Waals surface area contributed by atoms with Gasteiger partial charge in [0.05, 0.1) is 13.2 Å². The van der Waals surface area contributed by atoms with Gasteiger partial charge in [-0.05, 0) is 38.3 Å². The van der Waals surface area contributed by atoms with Gasteiger partial charge in [0.25, 0.3) is 0 Å². The third-order valence-corrected chi connectivity index (χ3v) is 5.87. The van der Waals surface area contributed by atoms with Crippen LogP contribution in [0.3, 0.4) is 0 Å². The van der Waals surface area contributed by atoms with E-state index in [0.717, 1.165) is 17.1 Å². The molecule has 0 spiro atoms. The number of hydrogen-bond acceptors (Lipinski definition) is 6. The van der Waals surface area contributed by atoms with Crippen LogP contribution in [0.15, 0.2) is 29.4 Å². The van der Waals surface area contributed by atoms with Crippen molar-refractivity contribution in [3.8, 4) is 0 Å². The number of piperidine rings is 1. The van der Waals surface area contributed by atoms with Gasteiger partial charge in [-0.3, -0.25) is 9.78 Å². The standard InChI is InChI=1S/C16H23N3O5S/c1-3-24-16(21)14-8-4-5-10-19(14)15(20)12-18(2)25(22,23)13-7-6-9-17-11-13/h6-7,9,11,14H,3-5,8,10,12H2,1-2H3. The monoisotopic (exact) mass is 369 g/mol. The number of rotatable bonds is 6. The number of likely N-dealkylation sites (tertiary alicyclic amines) is 1. The van der Waals surface area contributed by atoms with Crippen LogP contribution >= 0.6 is 0 Å². The molecule has 25 heavy (non-hydrogen) atoms. The number of sulfonamides is 1. The Morgan fingerprint density at radius 1 is 1.40 bits per heavy atom. The lowest BCUT2D eigenvalue weighted by atomic mass is 10.0. The number of esters is 1. The van der Waals surface area contributed by atoms with Crippen molar-refractivity contribution >= 4 is 21.9 Å². The molecule has 0 aliphatic carbocycles. The zero-order chi connectivity index (χ0) is 18.4. The number of amides is 1. The highest BCUT2D eigenvalue weighted by Gasteiger charge is 2.34. The summed E-state index contributed by atoms with van der Waals surface area (Å²) in [6.07, 6.45) is 4.85. The highest BCUT2D eigenvalue weighted by molar-refractivity contribution is 7.89. The second-order valence-corrected chi connectivity index (χ2v) is 7.85. The molecule has 0 N–H and O–H groups in total. The van der Waals surface area contributed by atoms with Crippen LogP contribution < -0.4 is 0 Å². The number of hydrogen-bond donors (Lipinski definition) is 0. The maximum Gasteiger partial charge on any atom is 0.328 e. The van der Waals surface area contributed by atoms with Crippen LogP contribution in [0.1, 0.15) is 26.2 Å². The van der Waals surface area contributed by atoms with Gasteiger partial charge in [-0.2, -0.15) is 4.31 Å². The first-order valence-electron chi connectivity index (χ1n) is 8.20. The van der Waals surface area contributed by atoms with Crippen molar-refractivity contribution in [3.63, 3.8) is 0 Å². The van der Waals surface area contributed by atoms with Gasteiger partial charge in [0.1, 0.15) is 10.9 Å². The van der Waals surface area contributed by atoms with E-state index in [1.807, 2.05) is 0 Å². The molecule has 1 aliphatic heterocycles. The van der Waals surface area contributed by atoms with Gasteiger partial charge in [-0.1, -0.05) is 0 Å². The molecule has 138 valence electrons. The lowest BCUT2D eigenvalue weighted by molar-refractivity contribution is -0.156. The van der Waals surface area contributed by atoms with Crippen LogP contribution in [-0.4, -0.2) is 67.3 Å². The van der Waals surface area contributed by atoms with Gasteiger partial charge < -0.3 is 9.64 Å².